The summed E-state index contributed by atoms with van der Waals surface area (Å²) in [5.74, 6) is 2.12. The van der Waals surface area contributed by atoms with Crippen LogP contribution in [0.5, 0.6) is 11.5 Å². The van der Waals surface area contributed by atoms with E-state index in [-0.39, 0.29) is 0 Å². The van der Waals surface area contributed by atoms with Gasteiger partial charge in [0.25, 0.3) is 0 Å². The Labute approximate surface area is 145 Å². The number of aromatic nitrogens is 4. The molecule has 0 spiro atoms. The number of H-pyrrole nitrogens is 1. The minimum absolute atomic E-state index is 0.497. The van der Waals surface area contributed by atoms with Crippen molar-refractivity contribution >= 4 is 28.1 Å². The van der Waals surface area contributed by atoms with Crippen LogP contribution in [0.4, 0.5) is 0 Å². The van der Waals surface area contributed by atoms with E-state index in [4.69, 9.17) is 21.7 Å². The van der Waals surface area contributed by atoms with Gasteiger partial charge in [-0.1, -0.05) is 0 Å². The van der Waals surface area contributed by atoms with Crippen molar-refractivity contribution in [3.63, 3.8) is 0 Å². The van der Waals surface area contributed by atoms with Crippen molar-refractivity contribution in [3.8, 4) is 28.6 Å². The predicted octanol–water partition coefficient (Wildman–Crippen LogP) is 3.53. The molecule has 0 bridgehead atoms. The number of benzene rings is 1. The van der Waals surface area contributed by atoms with Crippen LogP contribution < -0.4 is 9.47 Å². The predicted molar refractivity (Wildman–Crippen MR) is 90.7 cm³/mol. The number of hydrogen-bond acceptors (Lipinski definition) is 5. The van der Waals surface area contributed by atoms with Crippen molar-refractivity contribution in [1.82, 2.24) is 19.7 Å². The van der Waals surface area contributed by atoms with Gasteiger partial charge in [0.05, 0.1) is 5.69 Å². The fourth-order valence-electron chi connectivity index (χ4n) is 2.44. The van der Waals surface area contributed by atoms with Crippen molar-refractivity contribution in [1.29, 1.82) is 0 Å². The molecule has 4 rings (SSSR count). The number of rotatable bonds is 2. The van der Waals surface area contributed by atoms with Gasteiger partial charge in [-0.2, -0.15) is 5.10 Å². The van der Waals surface area contributed by atoms with Gasteiger partial charge in [0.15, 0.2) is 22.1 Å². The summed E-state index contributed by atoms with van der Waals surface area (Å²) in [5.41, 5.74) is 1.70. The topological polar surface area (TPSA) is 65.0 Å². The number of halogens is 1. The number of fused-ring (bicyclic) bond motifs is 1. The summed E-state index contributed by atoms with van der Waals surface area (Å²) in [5, 5.41) is 7.16. The van der Waals surface area contributed by atoms with E-state index in [1.165, 1.54) is 0 Å². The largest absolute Gasteiger partial charge is 0.486 e. The van der Waals surface area contributed by atoms with Gasteiger partial charge < -0.3 is 9.47 Å². The smallest absolute Gasteiger partial charge is 0.200 e. The van der Waals surface area contributed by atoms with Crippen LogP contribution in [0, 0.1) is 4.77 Å². The quantitative estimate of drug-likeness (QED) is 0.678. The van der Waals surface area contributed by atoms with Crippen molar-refractivity contribution in [2.75, 3.05) is 13.2 Å². The van der Waals surface area contributed by atoms with E-state index in [2.05, 4.69) is 31.1 Å². The SMILES string of the molecule is S=c1[nH]nc(-c2cncc(Br)c2)n1-c1ccc2c(c1)OCCO2. The van der Waals surface area contributed by atoms with Crippen LogP contribution >= 0.6 is 28.1 Å². The standard InChI is InChI=1S/C15H11BrN4O2S/c16-10-5-9(7-17-8-10)14-18-19-15(23)20(14)11-1-2-12-13(6-11)22-4-3-21-12/h1-2,5-8H,3-4H2,(H,19,23). The molecular formula is C15H11BrN4O2S. The number of pyridine rings is 1. The molecule has 0 aliphatic carbocycles. The number of hydrogen-bond donors (Lipinski definition) is 1. The lowest BCUT2D eigenvalue weighted by Crippen LogP contribution is -2.15. The van der Waals surface area contributed by atoms with Gasteiger partial charge in [0.2, 0.25) is 0 Å². The highest BCUT2D eigenvalue weighted by Crippen LogP contribution is 2.33. The lowest BCUT2D eigenvalue weighted by molar-refractivity contribution is 0.171. The number of ether oxygens (including phenoxy) is 2. The lowest BCUT2D eigenvalue weighted by Gasteiger charge is -2.19. The molecule has 1 aromatic carbocycles. The molecule has 2 aromatic heterocycles. The van der Waals surface area contributed by atoms with Crippen LogP contribution in [-0.2, 0) is 0 Å². The Morgan fingerprint density at radius 3 is 2.78 bits per heavy atom. The number of nitrogens with one attached hydrogen (secondary N) is 1. The molecule has 1 N–H and O–H groups in total. The van der Waals surface area contributed by atoms with E-state index in [1.807, 2.05) is 28.8 Å². The molecule has 3 heterocycles. The Morgan fingerprint density at radius 1 is 1.13 bits per heavy atom. The first-order valence-corrected chi connectivity index (χ1v) is 8.11. The first-order chi connectivity index (χ1) is 11.2. The van der Waals surface area contributed by atoms with E-state index < -0.39 is 0 Å². The fraction of sp³-hybridized carbons (Fsp3) is 0.133. The highest BCUT2D eigenvalue weighted by molar-refractivity contribution is 9.10. The minimum atomic E-state index is 0.497. The first-order valence-electron chi connectivity index (χ1n) is 6.91. The maximum absolute atomic E-state index is 5.64. The van der Waals surface area contributed by atoms with Crippen molar-refractivity contribution in [2.45, 2.75) is 0 Å². The molecule has 0 saturated carbocycles. The normalized spacial score (nSPS) is 13.1. The molecule has 0 atom stereocenters. The molecule has 1 aliphatic rings. The van der Waals surface area contributed by atoms with Gasteiger partial charge in [-0.05, 0) is 46.3 Å². The second-order valence-corrected chi connectivity index (χ2v) is 6.21. The molecule has 0 radical (unpaired) electrons. The molecule has 23 heavy (non-hydrogen) atoms. The number of aromatic amines is 1. The molecule has 0 amide bonds. The van der Waals surface area contributed by atoms with Crippen LogP contribution in [0.2, 0.25) is 0 Å². The Bertz CT molecular complexity index is 937. The van der Waals surface area contributed by atoms with Gasteiger partial charge in [0, 0.05) is 28.5 Å². The maximum Gasteiger partial charge on any atom is 0.200 e. The van der Waals surface area contributed by atoms with E-state index in [1.54, 1.807) is 12.4 Å². The van der Waals surface area contributed by atoms with Gasteiger partial charge in [-0.3, -0.25) is 14.6 Å². The molecule has 1 aliphatic heterocycles. The molecule has 6 nitrogen and oxygen atoms in total. The third-order valence-corrected chi connectivity index (χ3v) is 4.13. The van der Waals surface area contributed by atoms with Crippen LogP contribution in [-0.4, -0.2) is 33.0 Å². The third kappa shape index (κ3) is 2.64. The van der Waals surface area contributed by atoms with E-state index in [0.717, 1.165) is 21.5 Å². The minimum Gasteiger partial charge on any atom is -0.486 e. The molecular weight excluding hydrogens is 380 g/mol. The van der Waals surface area contributed by atoms with E-state index in [0.29, 0.717) is 29.6 Å². The van der Waals surface area contributed by atoms with Crippen molar-refractivity contribution in [3.05, 3.63) is 45.9 Å². The Balaban J connectivity index is 1.87. The summed E-state index contributed by atoms with van der Waals surface area (Å²) in [4.78, 5) is 4.18. The highest BCUT2D eigenvalue weighted by Gasteiger charge is 2.16. The maximum atomic E-state index is 5.64. The van der Waals surface area contributed by atoms with E-state index in [9.17, 15) is 0 Å². The molecule has 0 fully saturated rings. The molecule has 0 saturated heterocycles. The third-order valence-electron chi connectivity index (χ3n) is 3.42. The van der Waals surface area contributed by atoms with Crippen molar-refractivity contribution < 1.29 is 9.47 Å². The molecule has 0 unspecified atom stereocenters. The Kier molecular flexibility index (Phi) is 3.62. The van der Waals surface area contributed by atoms with Crippen LogP contribution in [0.3, 0.4) is 0 Å². The second kappa shape index (κ2) is 5.78. The van der Waals surface area contributed by atoms with Crippen LogP contribution in [0.15, 0.2) is 41.1 Å². The molecule has 8 heteroatoms. The molecule has 3 aromatic rings. The Hall–Kier alpha value is -2.19. The molecule has 116 valence electrons. The summed E-state index contributed by atoms with van der Waals surface area (Å²) in [6.07, 6.45) is 3.46. The summed E-state index contributed by atoms with van der Waals surface area (Å²) < 4.78 is 14.4. The van der Waals surface area contributed by atoms with Gasteiger partial charge in [-0.25, -0.2) is 0 Å². The summed E-state index contributed by atoms with van der Waals surface area (Å²) >= 11 is 8.81. The van der Waals surface area contributed by atoms with Gasteiger partial charge in [0.1, 0.15) is 13.2 Å². The van der Waals surface area contributed by atoms with Crippen LogP contribution in [0.25, 0.3) is 17.1 Å². The average molecular weight is 391 g/mol. The second-order valence-electron chi connectivity index (χ2n) is 4.91. The zero-order chi connectivity index (χ0) is 15.8. The zero-order valence-electron chi connectivity index (χ0n) is 11.8. The fourth-order valence-corrected chi connectivity index (χ4v) is 3.04. The average Bonchev–Trinajstić information content (AvgIpc) is 2.96. The Morgan fingerprint density at radius 2 is 1.96 bits per heavy atom. The summed E-state index contributed by atoms with van der Waals surface area (Å²) in [7, 11) is 0. The zero-order valence-corrected chi connectivity index (χ0v) is 14.2. The first kappa shape index (κ1) is 14.4. The van der Waals surface area contributed by atoms with Gasteiger partial charge in [-0.15, -0.1) is 0 Å². The van der Waals surface area contributed by atoms with E-state index >= 15 is 0 Å². The lowest BCUT2D eigenvalue weighted by atomic mass is 10.2. The monoisotopic (exact) mass is 390 g/mol. The van der Waals surface area contributed by atoms with Crippen LogP contribution in [0.1, 0.15) is 0 Å². The summed E-state index contributed by atoms with van der Waals surface area (Å²) in [6, 6.07) is 7.64. The highest BCUT2D eigenvalue weighted by atomic mass is 79.9. The van der Waals surface area contributed by atoms with Gasteiger partial charge >= 0.3 is 0 Å². The summed E-state index contributed by atoms with van der Waals surface area (Å²) in [6.45, 7) is 1.10. The number of nitrogens with zero attached hydrogens (tertiary/aromatic N) is 3. The van der Waals surface area contributed by atoms with Crippen molar-refractivity contribution in [2.24, 2.45) is 0 Å².